The largest absolute Gasteiger partial charge is 0.495 e. The molecule has 2 aromatic carbocycles. The molecular weight excluding hydrogens is 800 g/mol. The van der Waals surface area contributed by atoms with Crippen LogP contribution in [0.5, 0.6) is 5.75 Å². The van der Waals surface area contributed by atoms with Crippen LogP contribution in [-0.2, 0) is 27.1 Å². The number of rotatable bonds is 7. The molecule has 1 unspecified atom stereocenters. The molecular formula is C43H42F3N7O8. The molecule has 0 radical (unpaired) electrons. The molecule has 9 rings (SSSR count). The third-order valence-electron chi connectivity index (χ3n) is 13.3. The van der Waals surface area contributed by atoms with Gasteiger partial charge >= 0.3 is 6.18 Å². The number of pyridine rings is 1. The van der Waals surface area contributed by atoms with Crippen LogP contribution in [0.15, 0.2) is 48.5 Å². The molecule has 4 fully saturated rings. The molecule has 0 bridgehead atoms. The van der Waals surface area contributed by atoms with Gasteiger partial charge in [0, 0.05) is 62.4 Å². The van der Waals surface area contributed by atoms with E-state index in [1.165, 1.54) is 13.2 Å². The van der Waals surface area contributed by atoms with Crippen molar-refractivity contribution in [1.29, 1.82) is 0 Å². The summed E-state index contributed by atoms with van der Waals surface area (Å²) < 4.78 is 45.0. The Labute approximate surface area is 347 Å². The summed E-state index contributed by atoms with van der Waals surface area (Å²) in [6, 6.07) is 10.3. The highest BCUT2D eigenvalue weighted by Gasteiger charge is 2.51. The molecule has 61 heavy (non-hydrogen) atoms. The van der Waals surface area contributed by atoms with E-state index < -0.39 is 53.1 Å². The molecule has 1 spiro atoms. The van der Waals surface area contributed by atoms with Crippen molar-refractivity contribution in [3.63, 3.8) is 0 Å². The first-order chi connectivity index (χ1) is 29.1. The van der Waals surface area contributed by atoms with E-state index in [4.69, 9.17) is 4.74 Å². The van der Waals surface area contributed by atoms with Gasteiger partial charge in [-0.05, 0) is 98.4 Å². The lowest BCUT2D eigenvalue weighted by molar-refractivity contribution is -0.141. The Kier molecular flexibility index (Phi) is 9.85. The van der Waals surface area contributed by atoms with Crippen LogP contribution < -0.4 is 20.3 Å². The summed E-state index contributed by atoms with van der Waals surface area (Å²) in [5.74, 6) is -3.03. The smallest absolute Gasteiger partial charge is 0.433 e. The number of halogens is 3. The highest BCUT2D eigenvalue weighted by Crippen LogP contribution is 2.52. The lowest BCUT2D eigenvalue weighted by Crippen LogP contribution is -2.56. The van der Waals surface area contributed by atoms with Crippen molar-refractivity contribution in [2.24, 2.45) is 11.3 Å². The number of ether oxygens (including phenoxy) is 1. The molecule has 1 aliphatic carbocycles. The maximum absolute atomic E-state index is 13.7. The number of carbonyl (C=O) groups excluding carboxylic acids is 7. The number of likely N-dealkylation sites (tertiary alicyclic amines) is 1. The second-order valence-corrected chi connectivity index (χ2v) is 16.8. The summed E-state index contributed by atoms with van der Waals surface area (Å²) in [4.78, 5) is 101. The third kappa shape index (κ3) is 7.14. The molecule has 3 aromatic rings. The van der Waals surface area contributed by atoms with Crippen LogP contribution in [0, 0.1) is 11.3 Å². The number of anilines is 2. The lowest BCUT2D eigenvalue weighted by atomic mass is 9.60. The van der Waals surface area contributed by atoms with Crippen LogP contribution >= 0.6 is 0 Å². The summed E-state index contributed by atoms with van der Waals surface area (Å²) in [7, 11) is 1.37. The zero-order valence-electron chi connectivity index (χ0n) is 33.2. The van der Waals surface area contributed by atoms with Gasteiger partial charge in [-0.3, -0.25) is 43.8 Å². The van der Waals surface area contributed by atoms with Crippen LogP contribution in [-0.4, -0.2) is 106 Å². The highest BCUT2D eigenvalue weighted by molar-refractivity contribution is 6.23. The van der Waals surface area contributed by atoms with E-state index in [1.807, 2.05) is 9.80 Å². The Morgan fingerprint density at radius 2 is 1.59 bits per heavy atom. The summed E-state index contributed by atoms with van der Waals surface area (Å²) in [6.45, 7) is 2.75. The van der Waals surface area contributed by atoms with Crippen LogP contribution in [0.2, 0.25) is 0 Å². The van der Waals surface area contributed by atoms with Crippen molar-refractivity contribution in [3.05, 3.63) is 82.2 Å². The Morgan fingerprint density at radius 1 is 0.869 bits per heavy atom. The van der Waals surface area contributed by atoms with Crippen molar-refractivity contribution in [1.82, 2.24) is 25.0 Å². The Bertz CT molecular complexity index is 2400. The van der Waals surface area contributed by atoms with Gasteiger partial charge in [0.05, 0.1) is 23.9 Å². The molecule has 3 saturated heterocycles. The first kappa shape index (κ1) is 40.1. The number of hydrogen-bond acceptors (Lipinski definition) is 10. The van der Waals surface area contributed by atoms with E-state index in [-0.39, 0.29) is 64.6 Å². The quantitative estimate of drug-likeness (QED) is 0.324. The summed E-state index contributed by atoms with van der Waals surface area (Å²) in [5.41, 5.74) is 0.942. The zero-order chi connectivity index (χ0) is 43.0. The predicted molar refractivity (Wildman–Crippen MR) is 209 cm³/mol. The van der Waals surface area contributed by atoms with Gasteiger partial charge < -0.3 is 24.8 Å². The van der Waals surface area contributed by atoms with Crippen molar-refractivity contribution in [3.8, 4) is 5.75 Å². The normalized spacial score (nSPS) is 21.7. The monoisotopic (exact) mass is 841 g/mol. The first-order valence-corrected chi connectivity index (χ1v) is 20.4. The minimum absolute atomic E-state index is 0.00189. The standard InChI is InChI=1S/C43H42F3N7O8/c1-61-33-19-28-24(17-31(33)48-36(55)30-3-2-4-34(47-30)43(44,45)46)22-52(39(28)58)26-20-42(21-26)11-15-51(16-12-42)38(57)23-9-13-50(14-10-23)25-5-6-27-29(18-25)41(60)53(40(27)59)32-7-8-35(54)49-37(32)56/h2-6,17-19,23,26,32H,7-16,20-22H2,1H3,(H,48,55)(H,49,54,56). The van der Waals surface area contributed by atoms with Crippen LogP contribution in [0.4, 0.5) is 24.5 Å². The number of nitrogens with zero attached hydrogens (tertiary/aromatic N) is 5. The number of nitrogens with one attached hydrogen (secondary N) is 2. The number of imide groups is 2. The summed E-state index contributed by atoms with van der Waals surface area (Å²) in [6.07, 6.45) is -0.0653. The van der Waals surface area contributed by atoms with Crippen LogP contribution in [0.3, 0.4) is 0 Å². The van der Waals surface area contributed by atoms with Gasteiger partial charge in [0.1, 0.15) is 23.2 Å². The number of piperidine rings is 3. The molecule has 15 nitrogen and oxygen atoms in total. The molecule has 1 saturated carbocycles. The Morgan fingerprint density at radius 3 is 2.28 bits per heavy atom. The molecule has 6 heterocycles. The SMILES string of the molecule is COc1cc2c(cc1NC(=O)c1cccc(C(F)(F)F)n1)CN(C1CC3(CCN(C(=O)C4CCN(c5ccc6c(c5)C(=O)N(C5CCC(=O)NC5=O)C6=O)CC4)CC3)C1)C2=O. The van der Waals surface area contributed by atoms with Gasteiger partial charge in [-0.25, -0.2) is 4.98 Å². The summed E-state index contributed by atoms with van der Waals surface area (Å²) >= 11 is 0. The molecule has 5 aliphatic heterocycles. The van der Waals surface area contributed by atoms with E-state index in [0.29, 0.717) is 56.7 Å². The number of hydrogen-bond donors (Lipinski definition) is 2. The Hall–Kier alpha value is -6.33. The van der Waals surface area contributed by atoms with E-state index in [1.54, 1.807) is 30.3 Å². The van der Waals surface area contributed by atoms with Gasteiger partial charge in [-0.2, -0.15) is 13.2 Å². The minimum atomic E-state index is -4.71. The number of aromatic nitrogens is 1. The number of benzene rings is 2. The maximum atomic E-state index is 13.7. The fourth-order valence-corrected chi connectivity index (χ4v) is 9.90. The van der Waals surface area contributed by atoms with Crippen molar-refractivity contribution in [2.75, 3.05) is 43.5 Å². The van der Waals surface area contributed by atoms with Crippen LogP contribution in [0.25, 0.3) is 0 Å². The molecule has 6 aliphatic rings. The van der Waals surface area contributed by atoms with Crippen molar-refractivity contribution >= 4 is 52.7 Å². The van der Waals surface area contributed by atoms with Gasteiger partial charge in [-0.15, -0.1) is 0 Å². The van der Waals surface area contributed by atoms with Crippen molar-refractivity contribution < 1.29 is 51.5 Å². The predicted octanol–water partition coefficient (Wildman–Crippen LogP) is 4.41. The third-order valence-corrected chi connectivity index (χ3v) is 13.3. The topological polar surface area (TPSA) is 179 Å². The van der Waals surface area contributed by atoms with Gasteiger partial charge in [0.25, 0.3) is 23.6 Å². The van der Waals surface area contributed by atoms with Gasteiger partial charge in [0.15, 0.2) is 0 Å². The average Bonchev–Trinajstić information content (AvgIpc) is 3.69. The molecule has 1 atom stereocenters. The van der Waals surface area contributed by atoms with Crippen molar-refractivity contribution in [2.45, 2.75) is 76.2 Å². The van der Waals surface area contributed by atoms with Crippen LogP contribution in [0.1, 0.15) is 104 Å². The fourth-order valence-electron chi connectivity index (χ4n) is 9.90. The number of amides is 7. The van der Waals surface area contributed by atoms with Gasteiger partial charge in [0.2, 0.25) is 17.7 Å². The number of alkyl halides is 3. The first-order valence-electron chi connectivity index (χ1n) is 20.4. The molecule has 318 valence electrons. The molecule has 2 N–H and O–H groups in total. The average molecular weight is 842 g/mol. The number of carbonyl (C=O) groups is 7. The second-order valence-electron chi connectivity index (χ2n) is 16.8. The number of methoxy groups -OCH3 is 1. The summed E-state index contributed by atoms with van der Waals surface area (Å²) in [5, 5.41) is 4.80. The molecule has 1 aromatic heterocycles. The molecule has 18 heteroatoms. The Balaban J connectivity index is 0.761. The lowest BCUT2D eigenvalue weighted by Gasteiger charge is -2.54. The minimum Gasteiger partial charge on any atom is -0.495 e. The maximum Gasteiger partial charge on any atom is 0.433 e. The highest BCUT2D eigenvalue weighted by atomic mass is 19.4. The van der Waals surface area contributed by atoms with E-state index >= 15 is 0 Å². The second kappa shape index (κ2) is 15.0. The van der Waals surface area contributed by atoms with E-state index in [2.05, 4.69) is 20.5 Å². The fraction of sp³-hybridized carbons (Fsp3) is 0.442. The zero-order valence-corrected chi connectivity index (χ0v) is 33.2. The van der Waals surface area contributed by atoms with E-state index in [0.717, 1.165) is 48.4 Å². The molecule has 7 amide bonds. The number of fused-ring (bicyclic) bond motifs is 2. The van der Waals surface area contributed by atoms with Gasteiger partial charge in [-0.1, -0.05) is 6.07 Å². The van der Waals surface area contributed by atoms with E-state index in [9.17, 15) is 46.7 Å².